The first kappa shape index (κ1) is 19.4. The Labute approximate surface area is 168 Å². The van der Waals surface area contributed by atoms with E-state index in [1.165, 1.54) is 18.4 Å². The lowest BCUT2D eigenvalue weighted by molar-refractivity contribution is -0.135. The average molecular weight is 384 g/mol. The van der Waals surface area contributed by atoms with E-state index in [-0.39, 0.29) is 41.7 Å². The Bertz CT molecular complexity index is 678. The second kappa shape index (κ2) is 8.64. The number of nitrogens with one attached hydrogen (secondary N) is 1. The van der Waals surface area contributed by atoms with Gasteiger partial charge in [-0.2, -0.15) is 0 Å². The van der Waals surface area contributed by atoms with Crippen molar-refractivity contribution in [2.75, 3.05) is 13.1 Å². The van der Waals surface area contributed by atoms with Crippen LogP contribution in [0.5, 0.6) is 0 Å². The lowest BCUT2D eigenvalue weighted by Gasteiger charge is -2.31. The molecule has 1 aliphatic heterocycles. The van der Waals surface area contributed by atoms with Crippen LogP contribution in [0.1, 0.15) is 62.8 Å². The van der Waals surface area contributed by atoms with Crippen LogP contribution in [0.25, 0.3) is 0 Å². The normalized spacial score (nSPS) is 31.1. The third kappa shape index (κ3) is 4.24. The molecule has 0 aromatic heterocycles. The van der Waals surface area contributed by atoms with Crippen molar-refractivity contribution >= 4 is 11.8 Å². The number of carbonyl (C=O) groups is 2. The van der Waals surface area contributed by atoms with Crippen molar-refractivity contribution in [3.8, 4) is 0 Å². The van der Waals surface area contributed by atoms with E-state index in [0.29, 0.717) is 6.54 Å². The van der Waals surface area contributed by atoms with Gasteiger partial charge in [-0.3, -0.25) is 9.59 Å². The predicted octanol–water partition coefficient (Wildman–Crippen LogP) is 2.80. The van der Waals surface area contributed by atoms with Gasteiger partial charge in [0.2, 0.25) is 11.8 Å². The molecule has 1 aromatic carbocycles. The first-order valence-corrected chi connectivity index (χ1v) is 11.0. The van der Waals surface area contributed by atoms with E-state index in [9.17, 15) is 9.59 Å². The SMILES string of the molecule is N[C@@H]1CN(C(=O)C2CCC(NC(=O)C3CCCC3)CC2)C[C@H]1c1ccccc1. The molecule has 1 saturated heterocycles. The largest absolute Gasteiger partial charge is 0.353 e. The first-order valence-electron chi connectivity index (χ1n) is 11.0. The highest BCUT2D eigenvalue weighted by Crippen LogP contribution is 2.32. The Morgan fingerprint density at radius 1 is 0.893 bits per heavy atom. The smallest absolute Gasteiger partial charge is 0.225 e. The van der Waals surface area contributed by atoms with Crippen LogP contribution in [0.3, 0.4) is 0 Å². The van der Waals surface area contributed by atoms with Crippen molar-refractivity contribution in [1.29, 1.82) is 0 Å². The van der Waals surface area contributed by atoms with Gasteiger partial charge >= 0.3 is 0 Å². The molecule has 3 aliphatic rings. The van der Waals surface area contributed by atoms with E-state index in [2.05, 4.69) is 17.4 Å². The molecule has 0 bridgehead atoms. The van der Waals surface area contributed by atoms with E-state index < -0.39 is 0 Å². The van der Waals surface area contributed by atoms with Gasteiger partial charge in [-0.25, -0.2) is 0 Å². The number of rotatable bonds is 4. The Hall–Kier alpha value is -1.88. The summed E-state index contributed by atoms with van der Waals surface area (Å²) in [6.07, 6.45) is 8.01. The zero-order valence-corrected chi connectivity index (χ0v) is 16.7. The molecule has 0 radical (unpaired) electrons. The fourth-order valence-corrected chi connectivity index (χ4v) is 5.31. The summed E-state index contributed by atoms with van der Waals surface area (Å²) < 4.78 is 0. The highest BCUT2D eigenvalue weighted by molar-refractivity contribution is 5.80. The number of benzene rings is 1. The maximum Gasteiger partial charge on any atom is 0.225 e. The molecule has 2 saturated carbocycles. The van der Waals surface area contributed by atoms with E-state index in [0.717, 1.165) is 45.1 Å². The zero-order chi connectivity index (χ0) is 19.5. The van der Waals surface area contributed by atoms with Crippen molar-refractivity contribution < 1.29 is 9.59 Å². The summed E-state index contributed by atoms with van der Waals surface area (Å²) in [5, 5.41) is 3.24. The Morgan fingerprint density at radius 2 is 1.57 bits per heavy atom. The van der Waals surface area contributed by atoms with Crippen LogP contribution in [0.2, 0.25) is 0 Å². The summed E-state index contributed by atoms with van der Waals surface area (Å²) in [5.74, 6) is 1.03. The maximum atomic E-state index is 13.0. The molecule has 5 nitrogen and oxygen atoms in total. The lowest BCUT2D eigenvalue weighted by Crippen LogP contribution is -2.43. The van der Waals surface area contributed by atoms with Gasteiger partial charge in [-0.1, -0.05) is 43.2 Å². The van der Waals surface area contributed by atoms with Crippen LogP contribution in [0.4, 0.5) is 0 Å². The first-order chi connectivity index (χ1) is 13.6. The van der Waals surface area contributed by atoms with Gasteiger partial charge in [-0.15, -0.1) is 0 Å². The summed E-state index contributed by atoms with van der Waals surface area (Å²) in [6.45, 7) is 1.37. The number of nitrogens with zero attached hydrogens (tertiary/aromatic N) is 1. The maximum absolute atomic E-state index is 13.0. The highest BCUT2D eigenvalue weighted by Gasteiger charge is 2.38. The lowest BCUT2D eigenvalue weighted by atomic mass is 9.85. The fraction of sp³-hybridized carbons (Fsp3) is 0.652. The molecule has 0 unspecified atom stereocenters. The van der Waals surface area contributed by atoms with Crippen LogP contribution in [-0.4, -0.2) is 41.9 Å². The second-order valence-electron chi connectivity index (χ2n) is 8.96. The fourth-order valence-electron chi connectivity index (χ4n) is 5.31. The standard InChI is InChI=1S/C23H33N3O2/c24-21-15-26(14-20(21)16-6-2-1-3-7-16)23(28)18-10-12-19(13-11-18)25-22(27)17-8-4-5-9-17/h1-3,6-7,17-21H,4-5,8-15,24H2,(H,25,27)/t18?,19?,20-,21+/m0/s1. The van der Waals surface area contributed by atoms with Crippen LogP contribution in [0.15, 0.2) is 30.3 Å². The van der Waals surface area contributed by atoms with Gasteiger partial charge in [0.1, 0.15) is 0 Å². The number of hydrogen-bond donors (Lipinski definition) is 2. The zero-order valence-electron chi connectivity index (χ0n) is 16.7. The van der Waals surface area contributed by atoms with E-state index in [1.807, 2.05) is 23.1 Å². The molecule has 1 aromatic rings. The molecular formula is C23H33N3O2. The molecule has 0 spiro atoms. The summed E-state index contributed by atoms with van der Waals surface area (Å²) >= 11 is 0. The molecule has 3 fully saturated rings. The van der Waals surface area contributed by atoms with Crippen LogP contribution < -0.4 is 11.1 Å². The molecule has 2 atom stereocenters. The van der Waals surface area contributed by atoms with Gasteiger partial charge in [0.15, 0.2) is 0 Å². The summed E-state index contributed by atoms with van der Waals surface area (Å²) in [5.41, 5.74) is 7.59. The molecule has 5 heteroatoms. The second-order valence-corrected chi connectivity index (χ2v) is 8.96. The third-order valence-corrected chi connectivity index (χ3v) is 7.05. The number of hydrogen-bond acceptors (Lipinski definition) is 3. The Balaban J connectivity index is 1.26. The van der Waals surface area contributed by atoms with Crippen molar-refractivity contribution in [2.45, 2.75) is 69.4 Å². The quantitative estimate of drug-likeness (QED) is 0.839. The Kier molecular flexibility index (Phi) is 6.00. The van der Waals surface area contributed by atoms with Crippen molar-refractivity contribution in [3.63, 3.8) is 0 Å². The van der Waals surface area contributed by atoms with Gasteiger partial charge in [0.05, 0.1) is 0 Å². The number of carbonyl (C=O) groups excluding carboxylic acids is 2. The molecule has 4 rings (SSSR count). The van der Waals surface area contributed by atoms with Crippen LogP contribution in [0, 0.1) is 11.8 Å². The predicted molar refractivity (Wildman–Crippen MR) is 110 cm³/mol. The molecule has 2 aliphatic carbocycles. The average Bonchev–Trinajstić information content (AvgIpc) is 3.39. The number of likely N-dealkylation sites (tertiary alicyclic amines) is 1. The molecular weight excluding hydrogens is 350 g/mol. The summed E-state index contributed by atoms with van der Waals surface area (Å²) in [7, 11) is 0. The molecule has 2 amide bonds. The van der Waals surface area contributed by atoms with Crippen LogP contribution in [-0.2, 0) is 9.59 Å². The molecule has 1 heterocycles. The summed E-state index contributed by atoms with van der Waals surface area (Å²) in [6, 6.07) is 10.6. The topological polar surface area (TPSA) is 75.4 Å². The van der Waals surface area contributed by atoms with Crippen molar-refractivity contribution in [1.82, 2.24) is 10.2 Å². The van der Waals surface area contributed by atoms with Crippen molar-refractivity contribution in [3.05, 3.63) is 35.9 Å². The molecule has 28 heavy (non-hydrogen) atoms. The van der Waals surface area contributed by atoms with E-state index in [1.54, 1.807) is 0 Å². The third-order valence-electron chi connectivity index (χ3n) is 7.05. The molecule has 152 valence electrons. The minimum atomic E-state index is 0.00777. The number of amides is 2. The van der Waals surface area contributed by atoms with E-state index >= 15 is 0 Å². The molecule has 3 N–H and O–H groups in total. The summed E-state index contributed by atoms with van der Waals surface area (Å²) in [4.78, 5) is 27.4. The van der Waals surface area contributed by atoms with Crippen molar-refractivity contribution in [2.24, 2.45) is 17.6 Å². The highest BCUT2D eigenvalue weighted by atomic mass is 16.2. The van der Waals surface area contributed by atoms with E-state index in [4.69, 9.17) is 5.73 Å². The Morgan fingerprint density at radius 3 is 2.25 bits per heavy atom. The van der Waals surface area contributed by atoms with Crippen LogP contribution >= 0.6 is 0 Å². The van der Waals surface area contributed by atoms with Gasteiger partial charge in [0, 0.05) is 42.9 Å². The minimum Gasteiger partial charge on any atom is -0.353 e. The monoisotopic (exact) mass is 383 g/mol. The van der Waals surface area contributed by atoms with Gasteiger partial charge < -0.3 is 16.0 Å². The van der Waals surface area contributed by atoms with Gasteiger partial charge in [0.25, 0.3) is 0 Å². The number of nitrogens with two attached hydrogens (primary N) is 1. The minimum absolute atomic E-state index is 0.00777. The van der Waals surface area contributed by atoms with Gasteiger partial charge in [-0.05, 0) is 44.1 Å².